The quantitative estimate of drug-likeness (QED) is 0.491. The molecule has 1 atom stereocenters. The molecule has 1 aliphatic rings. The zero-order chi connectivity index (χ0) is 19.8. The van der Waals surface area contributed by atoms with Gasteiger partial charge in [-0.15, -0.1) is 0 Å². The minimum absolute atomic E-state index is 0.0857. The average Bonchev–Trinajstić information content (AvgIpc) is 2.60. The minimum Gasteiger partial charge on any atom is -0.369 e. The van der Waals surface area contributed by atoms with E-state index in [1.165, 1.54) is 5.56 Å². The second-order valence-corrected chi connectivity index (χ2v) is 8.85. The van der Waals surface area contributed by atoms with Crippen LogP contribution < -0.4 is 10.3 Å². The lowest BCUT2D eigenvalue weighted by Gasteiger charge is -2.45. The molecule has 0 aliphatic carbocycles. The Morgan fingerprint density at radius 1 is 1.37 bits per heavy atom. The van der Waals surface area contributed by atoms with Gasteiger partial charge in [0.05, 0.1) is 16.8 Å². The van der Waals surface area contributed by atoms with E-state index >= 15 is 0 Å². The lowest BCUT2D eigenvalue weighted by atomic mass is 9.80. The highest BCUT2D eigenvalue weighted by molar-refractivity contribution is 9.10. The van der Waals surface area contributed by atoms with Crippen molar-refractivity contribution >= 4 is 45.3 Å². The summed E-state index contributed by atoms with van der Waals surface area (Å²) in [5.74, 6) is 0.146. The van der Waals surface area contributed by atoms with Crippen LogP contribution >= 0.6 is 27.5 Å². The predicted octanol–water partition coefficient (Wildman–Crippen LogP) is 5.59. The Labute approximate surface area is 173 Å². The Morgan fingerprint density at radius 2 is 2.07 bits per heavy atom. The average molecular weight is 449 g/mol. The predicted molar refractivity (Wildman–Crippen MR) is 116 cm³/mol. The number of amides is 1. The summed E-state index contributed by atoms with van der Waals surface area (Å²) in [7, 11) is 2.10. The Balaban J connectivity index is 1.82. The normalized spacial score (nSPS) is 18.4. The van der Waals surface area contributed by atoms with Crippen LogP contribution in [0.2, 0.25) is 5.02 Å². The van der Waals surface area contributed by atoms with Gasteiger partial charge in [-0.2, -0.15) is 5.10 Å². The van der Waals surface area contributed by atoms with Crippen molar-refractivity contribution in [2.75, 3.05) is 11.9 Å². The summed E-state index contributed by atoms with van der Waals surface area (Å²) in [5, 5.41) is 4.71. The van der Waals surface area contributed by atoms with Crippen LogP contribution in [0, 0.1) is 0 Å². The van der Waals surface area contributed by atoms with Crippen molar-refractivity contribution in [2.45, 2.75) is 38.6 Å². The number of anilines is 1. The third-order valence-corrected chi connectivity index (χ3v) is 6.26. The summed E-state index contributed by atoms with van der Waals surface area (Å²) in [6.45, 7) is 6.72. The van der Waals surface area contributed by atoms with Crippen molar-refractivity contribution in [1.29, 1.82) is 0 Å². The van der Waals surface area contributed by atoms with E-state index < -0.39 is 0 Å². The summed E-state index contributed by atoms with van der Waals surface area (Å²) < 4.78 is 0.726. The van der Waals surface area contributed by atoms with E-state index in [0.717, 1.165) is 22.1 Å². The highest BCUT2D eigenvalue weighted by Gasteiger charge is 2.34. The second kappa shape index (κ2) is 7.64. The van der Waals surface area contributed by atoms with E-state index in [1.54, 1.807) is 12.3 Å². The number of rotatable bonds is 3. The van der Waals surface area contributed by atoms with Gasteiger partial charge in [0.1, 0.15) is 0 Å². The van der Waals surface area contributed by atoms with Gasteiger partial charge in [-0.1, -0.05) is 30.7 Å². The van der Waals surface area contributed by atoms with E-state index in [9.17, 15) is 4.79 Å². The van der Waals surface area contributed by atoms with Gasteiger partial charge < -0.3 is 4.90 Å². The minimum atomic E-state index is -0.275. The van der Waals surface area contributed by atoms with Crippen LogP contribution in [0.5, 0.6) is 0 Å². The molecule has 0 saturated carbocycles. The van der Waals surface area contributed by atoms with Crippen molar-refractivity contribution in [2.24, 2.45) is 5.10 Å². The third-order valence-electron chi connectivity index (χ3n) is 5.24. The van der Waals surface area contributed by atoms with Crippen LogP contribution in [-0.4, -0.2) is 24.7 Å². The Morgan fingerprint density at radius 3 is 2.78 bits per heavy atom. The van der Waals surface area contributed by atoms with E-state index in [1.807, 2.05) is 24.3 Å². The number of carbonyl (C=O) groups excluding carboxylic acids is 1. The molecule has 0 unspecified atom stereocenters. The van der Waals surface area contributed by atoms with Crippen LogP contribution in [0.15, 0.2) is 46.0 Å². The molecule has 0 spiro atoms. The smallest absolute Gasteiger partial charge is 0.272 e. The van der Waals surface area contributed by atoms with Crippen molar-refractivity contribution in [3.8, 4) is 0 Å². The number of benzene rings is 2. The zero-order valence-electron chi connectivity index (χ0n) is 15.9. The summed E-state index contributed by atoms with van der Waals surface area (Å²) in [6, 6.07) is 11.3. The lowest BCUT2D eigenvalue weighted by molar-refractivity contribution is 0.0954. The molecule has 0 fully saturated rings. The fraction of sp³-hybridized carbons (Fsp3) is 0.333. The molecule has 0 aromatic heterocycles. The molecule has 27 heavy (non-hydrogen) atoms. The van der Waals surface area contributed by atoms with Crippen molar-refractivity contribution < 1.29 is 4.79 Å². The molecule has 142 valence electrons. The van der Waals surface area contributed by atoms with Gasteiger partial charge in [0.15, 0.2) is 0 Å². The van der Waals surface area contributed by atoms with E-state index in [-0.39, 0.29) is 11.4 Å². The maximum Gasteiger partial charge on any atom is 0.272 e. The lowest BCUT2D eigenvalue weighted by Crippen LogP contribution is -2.45. The molecule has 1 heterocycles. The molecular formula is C21H23BrClN3O. The fourth-order valence-corrected chi connectivity index (χ4v) is 4.24. The SMILES string of the molecule is C[C@@H]1CC(C)(C)N(C)c2cc(Cl)c(/C=N\NC(=O)c3ccccc3Br)cc21. The third kappa shape index (κ3) is 4.04. The van der Waals surface area contributed by atoms with Gasteiger partial charge >= 0.3 is 0 Å². The van der Waals surface area contributed by atoms with E-state index in [2.05, 4.69) is 65.2 Å². The standard InChI is InChI=1S/C21H23BrClN3O/c1-13-11-21(2,3)26(4)19-10-18(23)14(9-16(13)19)12-24-25-20(27)15-7-5-6-8-17(15)22/h5-10,12-13H,11H2,1-4H3,(H,25,27)/b24-12-/t13-/m1/s1. The first-order chi connectivity index (χ1) is 12.7. The highest BCUT2D eigenvalue weighted by Crippen LogP contribution is 2.44. The largest absolute Gasteiger partial charge is 0.369 e. The topological polar surface area (TPSA) is 44.7 Å². The number of hydrogen-bond acceptors (Lipinski definition) is 3. The van der Waals surface area contributed by atoms with Crippen molar-refractivity contribution in [3.05, 3.63) is 62.6 Å². The highest BCUT2D eigenvalue weighted by atomic mass is 79.9. The molecule has 3 rings (SSSR count). The van der Waals surface area contributed by atoms with E-state index in [0.29, 0.717) is 16.5 Å². The van der Waals surface area contributed by atoms with Gasteiger partial charge in [-0.3, -0.25) is 4.79 Å². The first-order valence-electron chi connectivity index (χ1n) is 8.86. The Bertz CT molecular complexity index is 910. The molecule has 2 aromatic rings. The summed E-state index contributed by atoms with van der Waals surface area (Å²) >= 11 is 9.86. The molecular weight excluding hydrogens is 426 g/mol. The fourth-order valence-electron chi connectivity index (χ4n) is 3.57. The first-order valence-corrected chi connectivity index (χ1v) is 10.0. The van der Waals surface area contributed by atoms with E-state index in [4.69, 9.17) is 11.6 Å². The number of hydrogen-bond donors (Lipinski definition) is 1. The Hall–Kier alpha value is -1.85. The maximum absolute atomic E-state index is 12.2. The molecule has 0 saturated heterocycles. The summed E-state index contributed by atoms with van der Waals surface area (Å²) in [4.78, 5) is 14.5. The zero-order valence-corrected chi connectivity index (χ0v) is 18.2. The van der Waals surface area contributed by atoms with Crippen LogP contribution in [0.25, 0.3) is 0 Å². The van der Waals surface area contributed by atoms with Crippen LogP contribution in [0.1, 0.15) is 54.6 Å². The molecule has 1 aliphatic heterocycles. The summed E-state index contributed by atoms with van der Waals surface area (Å²) in [5.41, 5.74) is 6.37. The molecule has 1 amide bonds. The number of nitrogens with zero attached hydrogens (tertiary/aromatic N) is 2. The van der Waals surface area contributed by atoms with Gasteiger partial charge in [-0.05, 0) is 71.9 Å². The van der Waals surface area contributed by atoms with Gasteiger partial charge in [0.2, 0.25) is 0 Å². The Kier molecular flexibility index (Phi) is 5.63. The van der Waals surface area contributed by atoms with Crippen LogP contribution in [0.3, 0.4) is 0 Å². The molecule has 0 radical (unpaired) electrons. The van der Waals surface area contributed by atoms with Gasteiger partial charge in [0, 0.05) is 28.3 Å². The first kappa shape index (κ1) is 19.9. The molecule has 1 N–H and O–H groups in total. The molecule has 6 heteroatoms. The van der Waals surface area contributed by atoms with Crippen LogP contribution in [-0.2, 0) is 0 Å². The number of hydrazone groups is 1. The number of carbonyl (C=O) groups is 1. The number of nitrogens with one attached hydrogen (secondary N) is 1. The van der Waals surface area contributed by atoms with Crippen molar-refractivity contribution in [1.82, 2.24) is 5.43 Å². The number of fused-ring (bicyclic) bond motifs is 1. The summed E-state index contributed by atoms with van der Waals surface area (Å²) in [6.07, 6.45) is 2.66. The maximum atomic E-state index is 12.2. The van der Waals surface area contributed by atoms with Gasteiger partial charge in [0.25, 0.3) is 5.91 Å². The molecule has 2 aromatic carbocycles. The van der Waals surface area contributed by atoms with Crippen LogP contribution in [0.4, 0.5) is 5.69 Å². The second-order valence-electron chi connectivity index (χ2n) is 7.59. The van der Waals surface area contributed by atoms with Crippen molar-refractivity contribution in [3.63, 3.8) is 0 Å². The number of halogens is 2. The monoisotopic (exact) mass is 447 g/mol. The molecule has 0 bridgehead atoms. The van der Waals surface area contributed by atoms with Gasteiger partial charge in [-0.25, -0.2) is 5.43 Å². The molecule has 4 nitrogen and oxygen atoms in total.